The highest BCUT2D eigenvalue weighted by Gasteiger charge is 2.11. The fourth-order valence-electron chi connectivity index (χ4n) is 3.28. The molecule has 2 nitrogen and oxygen atoms in total. The molecule has 4 rings (SSSR count). The summed E-state index contributed by atoms with van der Waals surface area (Å²) in [6.45, 7) is 0.0919. The minimum atomic E-state index is -0.311. The van der Waals surface area contributed by atoms with Gasteiger partial charge < -0.3 is 4.74 Å². The molecule has 0 aliphatic carbocycles. The lowest BCUT2D eigenvalue weighted by molar-refractivity contribution is 0.299. The van der Waals surface area contributed by atoms with E-state index < -0.39 is 0 Å². The summed E-state index contributed by atoms with van der Waals surface area (Å²) in [4.78, 5) is 0. The second-order valence-electron chi connectivity index (χ2n) is 6.76. The number of ether oxygens (including phenoxy) is 1. The minimum absolute atomic E-state index is 0.0919. The van der Waals surface area contributed by atoms with Gasteiger partial charge in [0.25, 0.3) is 0 Å². The molecule has 0 aromatic heterocycles. The van der Waals surface area contributed by atoms with Crippen LogP contribution in [0.1, 0.15) is 16.7 Å². The van der Waals surface area contributed by atoms with E-state index in [4.69, 9.17) is 16.3 Å². The minimum Gasteiger partial charge on any atom is -0.488 e. The van der Waals surface area contributed by atoms with Crippen LogP contribution in [0.5, 0.6) is 5.75 Å². The van der Waals surface area contributed by atoms with Crippen molar-refractivity contribution in [2.24, 2.45) is 0 Å². The number of allylic oxidation sites excluding steroid dienone is 1. The van der Waals surface area contributed by atoms with Crippen LogP contribution in [-0.2, 0) is 6.61 Å². The van der Waals surface area contributed by atoms with E-state index in [9.17, 15) is 9.65 Å². The molecular weight excluding hydrogens is 397 g/mol. The van der Waals surface area contributed by atoms with Gasteiger partial charge in [-0.25, -0.2) is 4.39 Å². The first kappa shape index (κ1) is 19.7. The molecule has 0 atom stereocenters. The van der Waals surface area contributed by atoms with E-state index in [2.05, 4.69) is 6.07 Å². The topological polar surface area (TPSA) is 33.0 Å². The molecule has 0 spiro atoms. The maximum Gasteiger partial charge on any atom is 0.129 e. The predicted molar refractivity (Wildman–Crippen MR) is 120 cm³/mol. The quantitative estimate of drug-likeness (QED) is 0.254. The Kier molecular flexibility index (Phi) is 5.79. The van der Waals surface area contributed by atoms with E-state index in [-0.39, 0.29) is 12.4 Å². The summed E-state index contributed by atoms with van der Waals surface area (Å²) in [6, 6.07) is 27.6. The molecule has 0 heterocycles. The van der Waals surface area contributed by atoms with Crippen LogP contribution in [0.3, 0.4) is 0 Å². The van der Waals surface area contributed by atoms with E-state index in [0.29, 0.717) is 21.9 Å². The van der Waals surface area contributed by atoms with Gasteiger partial charge in [-0.2, -0.15) is 5.26 Å². The first-order valence-electron chi connectivity index (χ1n) is 9.41. The molecule has 0 aliphatic rings. The molecule has 146 valence electrons. The lowest BCUT2D eigenvalue weighted by Gasteiger charge is -2.13. The van der Waals surface area contributed by atoms with Crippen molar-refractivity contribution in [1.82, 2.24) is 0 Å². The summed E-state index contributed by atoms with van der Waals surface area (Å²) in [5.41, 5.74) is 2.49. The number of benzene rings is 4. The van der Waals surface area contributed by atoms with E-state index in [1.165, 1.54) is 6.07 Å². The van der Waals surface area contributed by atoms with Crippen molar-refractivity contribution in [1.29, 1.82) is 5.26 Å². The van der Waals surface area contributed by atoms with Gasteiger partial charge in [-0.15, -0.1) is 0 Å². The predicted octanol–water partition coefficient (Wildman–Crippen LogP) is 7.28. The third-order valence-corrected chi connectivity index (χ3v) is 5.09. The maximum atomic E-state index is 14.0. The van der Waals surface area contributed by atoms with Crippen LogP contribution < -0.4 is 4.74 Å². The smallest absolute Gasteiger partial charge is 0.129 e. The summed E-state index contributed by atoms with van der Waals surface area (Å²) in [6.07, 6.45) is 1.81. The molecule has 4 aromatic rings. The Morgan fingerprint density at radius 1 is 0.933 bits per heavy atom. The van der Waals surface area contributed by atoms with Crippen molar-refractivity contribution < 1.29 is 9.13 Å². The van der Waals surface area contributed by atoms with Crippen LogP contribution >= 0.6 is 11.6 Å². The molecule has 4 heteroatoms. The van der Waals surface area contributed by atoms with Crippen molar-refractivity contribution >= 4 is 34.0 Å². The molecule has 0 amide bonds. The van der Waals surface area contributed by atoms with Gasteiger partial charge in [-0.3, -0.25) is 0 Å². The normalized spacial score (nSPS) is 11.3. The first-order valence-corrected chi connectivity index (χ1v) is 9.79. The Morgan fingerprint density at radius 3 is 2.43 bits per heavy atom. The first-order chi connectivity index (χ1) is 14.7. The number of hydrogen-bond acceptors (Lipinski definition) is 2. The fourth-order valence-corrected chi connectivity index (χ4v) is 3.40. The Labute approximate surface area is 179 Å². The second kappa shape index (κ2) is 8.82. The van der Waals surface area contributed by atoms with Gasteiger partial charge in [0, 0.05) is 16.1 Å². The number of fused-ring (bicyclic) bond motifs is 1. The molecule has 0 saturated heterocycles. The van der Waals surface area contributed by atoms with Crippen LogP contribution in [0, 0.1) is 17.1 Å². The van der Waals surface area contributed by atoms with Gasteiger partial charge in [-0.05, 0) is 46.7 Å². The van der Waals surface area contributed by atoms with Crippen LogP contribution in [0.15, 0.2) is 84.9 Å². The zero-order chi connectivity index (χ0) is 20.9. The molecule has 0 aliphatic heterocycles. The van der Waals surface area contributed by atoms with Crippen molar-refractivity contribution in [3.63, 3.8) is 0 Å². The van der Waals surface area contributed by atoms with Crippen LogP contribution in [0.4, 0.5) is 4.39 Å². The van der Waals surface area contributed by atoms with Crippen LogP contribution in [0.25, 0.3) is 22.4 Å². The Bertz CT molecular complexity index is 1270. The SMILES string of the molecule is N#C/C(=C\c1c(OCc2ccccc2F)ccc2ccccc12)c1ccc(Cl)cc1. The third kappa shape index (κ3) is 4.20. The number of rotatable bonds is 5. The summed E-state index contributed by atoms with van der Waals surface area (Å²) in [5, 5.41) is 12.4. The van der Waals surface area contributed by atoms with Crippen LogP contribution in [-0.4, -0.2) is 0 Å². The zero-order valence-corrected chi connectivity index (χ0v) is 16.7. The lowest BCUT2D eigenvalue weighted by Crippen LogP contribution is -2.00. The van der Waals surface area contributed by atoms with Gasteiger partial charge in [0.15, 0.2) is 0 Å². The molecule has 0 radical (unpaired) electrons. The molecule has 0 N–H and O–H groups in total. The molecule has 0 saturated carbocycles. The number of nitriles is 1. The second-order valence-corrected chi connectivity index (χ2v) is 7.19. The maximum absolute atomic E-state index is 14.0. The summed E-state index contributed by atoms with van der Waals surface area (Å²) in [7, 11) is 0. The highest BCUT2D eigenvalue weighted by Crippen LogP contribution is 2.33. The summed E-state index contributed by atoms with van der Waals surface area (Å²) < 4.78 is 20.0. The van der Waals surface area contributed by atoms with Crippen molar-refractivity contribution in [2.45, 2.75) is 6.61 Å². The van der Waals surface area contributed by atoms with Gasteiger partial charge >= 0.3 is 0 Å². The molecule has 0 unspecified atom stereocenters. The van der Waals surface area contributed by atoms with E-state index in [0.717, 1.165) is 21.9 Å². The largest absolute Gasteiger partial charge is 0.488 e. The molecular formula is C26H17ClFNO. The van der Waals surface area contributed by atoms with Gasteiger partial charge in [0.05, 0.1) is 11.6 Å². The van der Waals surface area contributed by atoms with Crippen molar-refractivity contribution in [3.05, 3.63) is 112 Å². The number of hydrogen-bond donors (Lipinski definition) is 0. The van der Waals surface area contributed by atoms with E-state index in [1.54, 1.807) is 30.3 Å². The average Bonchev–Trinajstić information content (AvgIpc) is 2.78. The average molecular weight is 414 g/mol. The summed E-state index contributed by atoms with van der Waals surface area (Å²) in [5.74, 6) is 0.271. The standard InChI is InChI=1S/C26H17ClFNO/c27-22-12-9-18(10-13-22)21(16-29)15-24-23-7-3-1-5-19(23)11-14-26(24)30-17-20-6-2-4-8-25(20)28/h1-15H,17H2/b21-15+. The molecule has 30 heavy (non-hydrogen) atoms. The van der Waals surface area contributed by atoms with Crippen molar-refractivity contribution in [3.8, 4) is 11.8 Å². The zero-order valence-electron chi connectivity index (χ0n) is 16.0. The molecule has 0 fully saturated rings. The van der Waals surface area contributed by atoms with E-state index in [1.807, 2.05) is 54.6 Å². The van der Waals surface area contributed by atoms with Gasteiger partial charge in [0.2, 0.25) is 0 Å². The van der Waals surface area contributed by atoms with Crippen LogP contribution in [0.2, 0.25) is 5.02 Å². The third-order valence-electron chi connectivity index (χ3n) is 4.84. The Morgan fingerprint density at radius 2 is 1.67 bits per heavy atom. The van der Waals surface area contributed by atoms with E-state index >= 15 is 0 Å². The monoisotopic (exact) mass is 413 g/mol. The molecule has 0 bridgehead atoms. The fraction of sp³-hybridized carbons (Fsp3) is 0.0385. The number of halogens is 2. The molecule has 4 aromatic carbocycles. The van der Waals surface area contributed by atoms with Gasteiger partial charge in [-0.1, -0.05) is 72.3 Å². The van der Waals surface area contributed by atoms with Gasteiger partial charge in [0.1, 0.15) is 18.2 Å². The summed E-state index contributed by atoms with van der Waals surface area (Å²) >= 11 is 5.98. The lowest BCUT2D eigenvalue weighted by atomic mass is 9.98. The Hall–Kier alpha value is -3.61. The number of nitrogens with zero attached hydrogens (tertiary/aromatic N) is 1. The highest BCUT2D eigenvalue weighted by molar-refractivity contribution is 6.30. The Balaban J connectivity index is 1.80. The highest BCUT2D eigenvalue weighted by atomic mass is 35.5. The van der Waals surface area contributed by atoms with Crippen molar-refractivity contribution in [2.75, 3.05) is 0 Å².